The highest BCUT2D eigenvalue weighted by Crippen LogP contribution is 2.01. The number of carbonyl (C=O) groups excluding carboxylic acids is 2. The van der Waals surface area contributed by atoms with Crippen LogP contribution in [-0.2, 0) is 16.1 Å². The normalized spacial score (nSPS) is 9.82. The summed E-state index contributed by atoms with van der Waals surface area (Å²) in [7, 11) is 0. The number of amides is 2. The first kappa shape index (κ1) is 17.8. The van der Waals surface area contributed by atoms with Crippen molar-refractivity contribution in [3.63, 3.8) is 0 Å². The minimum absolute atomic E-state index is 0.0372. The molecule has 5 nitrogen and oxygen atoms in total. The summed E-state index contributed by atoms with van der Waals surface area (Å²) in [6.45, 7) is 4.88. The zero-order chi connectivity index (χ0) is 16.0. The molecular formula is C17H24N2O3. The van der Waals surface area contributed by atoms with Gasteiger partial charge in [0.25, 0.3) is 0 Å². The number of hydrogen-bond donors (Lipinski definition) is 2. The predicted molar refractivity (Wildman–Crippen MR) is 86.3 cm³/mol. The molecule has 2 N–H and O–H groups in total. The predicted octanol–water partition coefficient (Wildman–Crippen LogP) is 2.78. The Morgan fingerprint density at radius 3 is 2.59 bits per heavy atom. The molecule has 0 radical (unpaired) electrons. The number of ether oxygens (including phenoxy) is 1. The number of benzene rings is 1. The molecule has 5 heteroatoms. The van der Waals surface area contributed by atoms with Crippen LogP contribution in [0.5, 0.6) is 0 Å². The van der Waals surface area contributed by atoms with Crippen molar-refractivity contribution in [3.8, 4) is 0 Å². The summed E-state index contributed by atoms with van der Waals surface area (Å²) in [5.74, 6) is 0.0372. The molecule has 0 bridgehead atoms. The Morgan fingerprint density at radius 1 is 1.09 bits per heavy atom. The lowest BCUT2D eigenvalue weighted by atomic mass is 10.2. The first-order valence-electron chi connectivity index (χ1n) is 7.54. The van der Waals surface area contributed by atoms with E-state index in [0.717, 1.165) is 24.8 Å². The highest BCUT2D eigenvalue weighted by molar-refractivity contribution is 5.75. The van der Waals surface area contributed by atoms with Crippen LogP contribution in [0.2, 0.25) is 0 Å². The van der Waals surface area contributed by atoms with Crippen LogP contribution in [0.3, 0.4) is 0 Å². The zero-order valence-electron chi connectivity index (χ0n) is 12.8. The molecule has 1 aromatic rings. The van der Waals surface area contributed by atoms with E-state index < -0.39 is 6.09 Å². The van der Waals surface area contributed by atoms with Crippen LogP contribution in [0, 0.1) is 0 Å². The number of hydrogen-bond acceptors (Lipinski definition) is 3. The molecule has 0 atom stereocenters. The molecule has 0 aromatic heterocycles. The molecule has 0 aliphatic heterocycles. The molecule has 0 heterocycles. The molecular weight excluding hydrogens is 280 g/mol. The second-order valence-corrected chi connectivity index (χ2v) is 4.89. The van der Waals surface area contributed by atoms with Crippen LogP contribution in [0.4, 0.5) is 4.79 Å². The molecule has 22 heavy (non-hydrogen) atoms. The lowest BCUT2D eigenvalue weighted by molar-refractivity contribution is -0.121. The van der Waals surface area contributed by atoms with E-state index in [1.807, 2.05) is 30.3 Å². The van der Waals surface area contributed by atoms with Crippen molar-refractivity contribution in [1.82, 2.24) is 10.6 Å². The lowest BCUT2D eigenvalue weighted by Gasteiger charge is -2.07. The van der Waals surface area contributed by atoms with Crippen LogP contribution in [-0.4, -0.2) is 25.1 Å². The number of alkyl carbamates (subject to hydrolysis) is 1. The van der Waals surface area contributed by atoms with Gasteiger partial charge in [-0.15, -0.1) is 6.58 Å². The summed E-state index contributed by atoms with van der Waals surface area (Å²) >= 11 is 0. The monoisotopic (exact) mass is 304 g/mol. The van der Waals surface area contributed by atoms with Crippen LogP contribution in [0.15, 0.2) is 43.0 Å². The van der Waals surface area contributed by atoms with Crippen molar-refractivity contribution in [3.05, 3.63) is 48.6 Å². The Kier molecular flexibility index (Phi) is 9.17. The topological polar surface area (TPSA) is 67.4 Å². The quantitative estimate of drug-likeness (QED) is 0.516. The van der Waals surface area contributed by atoms with Crippen LogP contribution >= 0.6 is 0 Å². The van der Waals surface area contributed by atoms with Gasteiger partial charge in [0, 0.05) is 19.5 Å². The Labute approximate surface area is 131 Å². The second-order valence-electron chi connectivity index (χ2n) is 4.89. The maximum absolute atomic E-state index is 11.5. The van der Waals surface area contributed by atoms with Gasteiger partial charge in [0.1, 0.15) is 6.61 Å². The third-order valence-electron chi connectivity index (χ3n) is 3.01. The first-order chi connectivity index (χ1) is 10.7. The van der Waals surface area contributed by atoms with Crippen molar-refractivity contribution in [1.29, 1.82) is 0 Å². The van der Waals surface area contributed by atoms with Crippen molar-refractivity contribution >= 4 is 12.0 Å². The molecule has 0 fully saturated rings. The van der Waals surface area contributed by atoms with Crippen molar-refractivity contribution in [2.24, 2.45) is 0 Å². The van der Waals surface area contributed by atoms with E-state index >= 15 is 0 Å². The summed E-state index contributed by atoms with van der Waals surface area (Å²) in [5.41, 5.74) is 0.961. The fourth-order valence-corrected chi connectivity index (χ4v) is 1.83. The van der Waals surface area contributed by atoms with Gasteiger partial charge in [-0.05, 0) is 18.4 Å². The van der Waals surface area contributed by atoms with Crippen LogP contribution in [0.1, 0.15) is 31.2 Å². The van der Waals surface area contributed by atoms with E-state index in [-0.39, 0.29) is 12.5 Å². The fraction of sp³-hybridized carbons (Fsp3) is 0.412. The minimum atomic E-state index is -0.410. The van der Waals surface area contributed by atoms with E-state index in [1.165, 1.54) is 0 Å². The summed E-state index contributed by atoms with van der Waals surface area (Å²) in [6, 6.07) is 9.54. The van der Waals surface area contributed by atoms with Crippen molar-refractivity contribution in [2.75, 3.05) is 13.1 Å². The van der Waals surface area contributed by atoms with E-state index in [9.17, 15) is 9.59 Å². The second kappa shape index (κ2) is 11.4. The van der Waals surface area contributed by atoms with Gasteiger partial charge in [-0.3, -0.25) is 4.79 Å². The standard InChI is InChI=1S/C17H24N2O3/c1-2-12-18-16(20)11-7-4-8-13-19-17(21)22-14-15-9-5-3-6-10-15/h2-3,5-6,9-10H,1,4,7-8,11-14H2,(H,18,20)(H,19,21). The third kappa shape index (κ3) is 8.79. The van der Waals surface area contributed by atoms with E-state index in [2.05, 4.69) is 17.2 Å². The van der Waals surface area contributed by atoms with Crippen LogP contribution in [0.25, 0.3) is 0 Å². The van der Waals surface area contributed by atoms with Gasteiger partial charge < -0.3 is 15.4 Å². The third-order valence-corrected chi connectivity index (χ3v) is 3.01. The Morgan fingerprint density at radius 2 is 1.86 bits per heavy atom. The van der Waals surface area contributed by atoms with Crippen molar-refractivity contribution in [2.45, 2.75) is 32.3 Å². The highest BCUT2D eigenvalue weighted by atomic mass is 16.5. The largest absolute Gasteiger partial charge is 0.445 e. The molecule has 0 aliphatic rings. The van der Waals surface area contributed by atoms with Crippen LogP contribution < -0.4 is 10.6 Å². The summed E-state index contributed by atoms with van der Waals surface area (Å²) in [4.78, 5) is 22.8. The minimum Gasteiger partial charge on any atom is -0.445 e. The van der Waals surface area contributed by atoms with Gasteiger partial charge in [-0.2, -0.15) is 0 Å². The molecule has 120 valence electrons. The average Bonchev–Trinajstić information content (AvgIpc) is 2.55. The van der Waals surface area contributed by atoms with E-state index in [4.69, 9.17) is 4.74 Å². The fourth-order valence-electron chi connectivity index (χ4n) is 1.83. The number of rotatable bonds is 10. The molecule has 1 rings (SSSR count). The molecule has 0 aliphatic carbocycles. The average molecular weight is 304 g/mol. The number of unbranched alkanes of at least 4 members (excludes halogenated alkanes) is 2. The smallest absolute Gasteiger partial charge is 0.407 e. The molecule has 0 spiro atoms. The van der Waals surface area contributed by atoms with E-state index in [1.54, 1.807) is 6.08 Å². The maximum atomic E-state index is 11.5. The lowest BCUT2D eigenvalue weighted by Crippen LogP contribution is -2.25. The Bertz CT molecular complexity index is 460. The first-order valence-corrected chi connectivity index (χ1v) is 7.54. The van der Waals surface area contributed by atoms with Gasteiger partial charge in [0.2, 0.25) is 5.91 Å². The summed E-state index contributed by atoms with van der Waals surface area (Å²) in [5, 5.41) is 5.43. The summed E-state index contributed by atoms with van der Waals surface area (Å²) < 4.78 is 5.09. The van der Waals surface area contributed by atoms with Gasteiger partial charge in [0.15, 0.2) is 0 Å². The number of nitrogens with one attached hydrogen (secondary N) is 2. The zero-order valence-corrected chi connectivity index (χ0v) is 12.8. The Hall–Kier alpha value is -2.30. The van der Waals surface area contributed by atoms with E-state index in [0.29, 0.717) is 19.5 Å². The van der Waals surface area contributed by atoms with Gasteiger partial charge in [-0.25, -0.2) is 4.79 Å². The van der Waals surface area contributed by atoms with Gasteiger partial charge in [0.05, 0.1) is 0 Å². The molecule has 0 unspecified atom stereocenters. The van der Waals surface area contributed by atoms with Gasteiger partial charge >= 0.3 is 6.09 Å². The molecule has 2 amide bonds. The molecule has 1 aromatic carbocycles. The highest BCUT2D eigenvalue weighted by Gasteiger charge is 2.02. The number of carbonyl (C=O) groups is 2. The molecule has 0 saturated heterocycles. The van der Waals surface area contributed by atoms with Crippen molar-refractivity contribution < 1.29 is 14.3 Å². The molecule has 0 saturated carbocycles. The maximum Gasteiger partial charge on any atom is 0.407 e. The SMILES string of the molecule is C=CCNC(=O)CCCCCNC(=O)OCc1ccccc1. The summed E-state index contributed by atoms with van der Waals surface area (Å²) in [6.07, 6.45) is 4.28. The van der Waals surface area contributed by atoms with Gasteiger partial charge in [-0.1, -0.05) is 42.8 Å². The Balaban J connectivity index is 1.97.